The fourth-order valence-corrected chi connectivity index (χ4v) is 3.61. The van der Waals surface area contributed by atoms with Gasteiger partial charge in [-0.3, -0.25) is 19.4 Å². The second-order valence-corrected chi connectivity index (χ2v) is 7.89. The smallest absolute Gasteiger partial charge is 0.312 e. The summed E-state index contributed by atoms with van der Waals surface area (Å²) in [5.74, 6) is -1.74. The number of carbonyl (C=O) groups excluding carboxylic acids is 3. The van der Waals surface area contributed by atoms with Gasteiger partial charge in [-0.25, -0.2) is 4.39 Å². The molecule has 0 unspecified atom stereocenters. The van der Waals surface area contributed by atoms with Crippen molar-refractivity contribution in [3.8, 4) is 0 Å². The Bertz CT molecular complexity index is 1180. The van der Waals surface area contributed by atoms with Crippen LogP contribution in [0.3, 0.4) is 0 Å². The molecule has 0 bridgehead atoms. The van der Waals surface area contributed by atoms with E-state index in [1.54, 1.807) is 49.5 Å². The van der Waals surface area contributed by atoms with Gasteiger partial charge in [-0.15, -0.1) is 0 Å². The topological polar surface area (TPSA) is 82.6 Å². The van der Waals surface area contributed by atoms with Crippen LogP contribution < -0.4 is 5.32 Å². The monoisotopic (exact) mass is 446 g/mol. The van der Waals surface area contributed by atoms with Gasteiger partial charge in [-0.2, -0.15) is 0 Å². The highest BCUT2D eigenvalue weighted by atomic mass is 19.1. The summed E-state index contributed by atoms with van der Waals surface area (Å²) in [6, 6.07) is 16.7. The molecule has 4 rings (SSSR count). The van der Waals surface area contributed by atoms with Crippen LogP contribution in [0.25, 0.3) is 0 Å². The van der Waals surface area contributed by atoms with Crippen LogP contribution >= 0.6 is 0 Å². The number of hydrogen-bond donors (Lipinski definition) is 1. The number of amides is 3. The minimum atomic E-state index is -0.550. The van der Waals surface area contributed by atoms with E-state index < -0.39 is 11.8 Å². The molecule has 3 amide bonds. The number of hydrogen-bond acceptors (Lipinski definition) is 4. The zero-order valence-electron chi connectivity index (χ0n) is 18.1. The first-order valence-corrected chi connectivity index (χ1v) is 10.6. The molecule has 0 spiro atoms. The van der Waals surface area contributed by atoms with Crippen molar-refractivity contribution in [1.29, 1.82) is 0 Å². The lowest BCUT2D eigenvalue weighted by Gasteiger charge is -2.33. The molecule has 1 saturated heterocycles. The number of carbonyl (C=O) groups is 3. The minimum absolute atomic E-state index is 0.279. The fourth-order valence-electron chi connectivity index (χ4n) is 3.61. The third kappa shape index (κ3) is 5.23. The van der Waals surface area contributed by atoms with Crippen molar-refractivity contribution in [3.63, 3.8) is 0 Å². The molecule has 2 heterocycles. The average Bonchev–Trinajstić information content (AvgIpc) is 2.82. The molecule has 7 nitrogen and oxygen atoms in total. The van der Waals surface area contributed by atoms with E-state index >= 15 is 0 Å². The number of piperazine rings is 1. The third-order valence-corrected chi connectivity index (χ3v) is 5.48. The van der Waals surface area contributed by atoms with E-state index in [-0.39, 0.29) is 18.3 Å². The van der Waals surface area contributed by atoms with Crippen LogP contribution in [-0.4, -0.2) is 45.6 Å². The molecule has 1 aliphatic rings. The van der Waals surface area contributed by atoms with Crippen LogP contribution in [0.1, 0.15) is 27.2 Å². The molecule has 3 aromatic rings. The van der Waals surface area contributed by atoms with Gasteiger partial charge in [-0.1, -0.05) is 18.2 Å². The summed E-state index contributed by atoms with van der Waals surface area (Å²) in [4.78, 5) is 44.8. The first-order valence-electron chi connectivity index (χ1n) is 10.6. The van der Waals surface area contributed by atoms with Gasteiger partial charge in [0.2, 0.25) is 0 Å². The largest absolute Gasteiger partial charge is 0.328 e. The molecule has 1 N–H and O–H groups in total. The van der Waals surface area contributed by atoms with E-state index in [1.807, 2.05) is 12.1 Å². The van der Waals surface area contributed by atoms with Gasteiger partial charge in [0, 0.05) is 37.1 Å². The molecular weight excluding hydrogens is 423 g/mol. The summed E-state index contributed by atoms with van der Waals surface area (Å²) in [6.07, 6.45) is 1.66. The van der Waals surface area contributed by atoms with Crippen LogP contribution in [-0.2, 0) is 22.7 Å². The molecule has 0 aliphatic carbocycles. The predicted octanol–water partition coefficient (Wildman–Crippen LogP) is 3.15. The Kier molecular flexibility index (Phi) is 6.44. The number of nitrogens with one attached hydrogen (secondary N) is 1. The Morgan fingerprint density at radius 3 is 2.30 bits per heavy atom. The maximum atomic E-state index is 13.4. The standard InChI is InChI=1S/C25H23FN4O3/c1-17-14-20(9-10-22(17)26)28-23(31)19-7-5-18(6-8-19)15-29-12-13-30(25(33)24(29)32)16-21-4-2-3-11-27-21/h2-11,14H,12-13,15-16H2,1H3,(H,28,31). The van der Waals surface area contributed by atoms with Crippen molar-refractivity contribution in [1.82, 2.24) is 14.8 Å². The molecule has 1 aliphatic heterocycles. The van der Waals surface area contributed by atoms with E-state index in [1.165, 1.54) is 21.9 Å². The summed E-state index contributed by atoms with van der Waals surface area (Å²) in [5.41, 5.74) is 2.93. The lowest BCUT2D eigenvalue weighted by molar-refractivity contribution is -0.156. The van der Waals surface area contributed by atoms with Crippen LogP contribution in [0.15, 0.2) is 66.9 Å². The van der Waals surface area contributed by atoms with Crippen molar-refractivity contribution in [2.24, 2.45) is 0 Å². The normalized spacial score (nSPS) is 13.9. The molecule has 0 atom stereocenters. The predicted molar refractivity (Wildman–Crippen MR) is 121 cm³/mol. The van der Waals surface area contributed by atoms with Gasteiger partial charge in [0.25, 0.3) is 5.91 Å². The lowest BCUT2D eigenvalue weighted by atomic mass is 10.1. The van der Waals surface area contributed by atoms with E-state index in [2.05, 4.69) is 10.3 Å². The van der Waals surface area contributed by atoms with Gasteiger partial charge in [0.1, 0.15) is 5.82 Å². The number of aryl methyl sites for hydroxylation is 1. The number of anilines is 1. The zero-order valence-corrected chi connectivity index (χ0v) is 18.1. The molecule has 2 aromatic carbocycles. The molecule has 8 heteroatoms. The first kappa shape index (κ1) is 22.1. The number of pyridine rings is 1. The SMILES string of the molecule is Cc1cc(NC(=O)c2ccc(CN3CCN(Cc4ccccn4)C(=O)C3=O)cc2)ccc1F. The Morgan fingerprint density at radius 1 is 0.970 bits per heavy atom. The van der Waals surface area contributed by atoms with Gasteiger partial charge in [-0.05, 0) is 60.5 Å². The third-order valence-electron chi connectivity index (χ3n) is 5.48. The highest BCUT2D eigenvalue weighted by Gasteiger charge is 2.32. The van der Waals surface area contributed by atoms with Crippen LogP contribution in [0.5, 0.6) is 0 Å². The molecule has 168 valence electrons. The number of aromatic nitrogens is 1. The minimum Gasteiger partial charge on any atom is -0.328 e. The summed E-state index contributed by atoms with van der Waals surface area (Å²) in [5, 5.41) is 2.74. The highest BCUT2D eigenvalue weighted by molar-refractivity contribution is 6.35. The molecule has 33 heavy (non-hydrogen) atoms. The van der Waals surface area contributed by atoms with Gasteiger partial charge < -0.3 is 15.1 Å². The first-order chi connectivity index (χ1) is 15.9. The molecule has 0 saturated carbocycles. The Labute approximate surface area is 190 Å². The second-order valence-electron chi connectivity index (χ2n) is 7.89. The van der Waals surface area contributed by atoms with E-state index in [4.69, 9.17) is 0 Å². The van der Waals surface area contributed by atoms with Crippen molar-refractivity contribution in [2.75, 3.05) is 18.4 Å². The molecule has 1 fully saturated rings. The van der Waals surface area contributed by atoms with Gasteiger partial charge in [0.15, 0.2) is 0 Å². The second kappa shape index (κ2) is 9.60. The maximum Gasteiger partial charge on any atom is 0.312 e. The average molecular weight is 446 g/mol. The van der Waals surface area contributed by atoms with Crippen LogP contribution in [0, 0.1) is 12.7 Å². The lowest BCUT2D eigenvalue weighted by Crippen LogP contribution is -2.53. The summed E-state index contributed by atoms with van der Waals surface area (Å²) in [6.45, 7) is 3.06. The van der Waals surface area contributed by atoms with Gasteiger partial charge in [0.05, 0.1) is 12.2 Å². The molecule has 1 aromatic heterocycles. The Hall–Kier alpha value is -4.07. The van der Waals surface area contributed by atoms with Crippen LogP contribution in [0.2, 0.25) is 0 Å². The summed E-state index contributed by atoms with van der Waals surface area (Å²) < 4.78 is 13.4. The molecule has 0 radical (unpaired) electrons. The quantitative estimate of drug-likeness (QED) is 0.590. The fraction of sp³-hybridized carbons (Fsp3) is 0.200. The Balaban J connectivity index is 1.35. The van der Waals surface area contributed by atoms with E-state index in [9.17, 15) is 18.8 Å². The van der Waals surface area contributed by atoms with E-state index in [0.717, 1.165) is 11.3 Å². The maximum absolute atomic E-state index is 13.4. The highest BCUT2D eigenvalue weighted by Crippen LogP contribution is 2.17. The van der Waals surface area contributed by atoms with Crippen molar-refractivity contribution in [3.05, 3.63) is 95.1 Å². The Morgan fingerprint density at radius 2 is 1.67 bits per heavy atom. The number of rotatable bonds is 6. The summed E-state index contributed by atoms with van der Waals surface area (Å²) >= 11 is 0. The number of nitrogens with zero attached hydrogens (tertiary/aromatic N) is 3. The van der Waals surface area contributed by atoms with Crippen molar-refractivity contribution < 1.29 is 18.8 Å². The van der Waals surface area contributed by atoms with Crippen molar-refractivity contribution in [2.45, 2.75) is 20.0 Å². The zero-order chi connectivity index (χ0) is 23.4. The number of benzene rings is 2. The summed E-state index contributed by atoms with van der Waals surface area (Å²) in [7, 11) is 0. The van der Waals surface area contributed by atoms with Gasteiger partial charge >= 0.3 is 11.8 Å². The molecular formula is C25H23FN4O3. The number of halogens is 1. The van der Waals surface area contributed by atoms with Crippen molar-refractivity contribution >= 4 is 23.4 Å². The van der Waals surface area contributed by atoms with Crippen LogP contribution in [0.4, 0.5) is 10.1 Å². The van der Waals surface area contributed by atoms with E-state index in [0.29, 0.717) is 36.4 Å².